The van der Waals surface area contributed by atoms with Crippen LogP contribution in [-0.4, -0.2) is 24.9 Å². The van der Waals surface area contributed by atoms with Crippen LogP contribution in [0.25, 0.3) is 0 Å². The van der Waals surface area contributed by atoms with Crippen molar-refractivity contribution in [1.82, 2.24) is 19.7 Å². The number of nitrogens with zero attached hydrogens (tertiary/aromatic N) is 4. The SMILES string of the molecule is CCn1nc(C)c(Br)c1CC(O)c1ccncn1. The van der Waals surface area contributed by atoms with Crippen molar-refractivity contribution in [3.05, 3.63) is 40.1 Å². The van der Waals surface area contributed by atoms with Gasteiger partial charge in [-0.25, -0.2) is 9.97 Å². The van der Waals surface area contributed by atoms with Crippen molar-refractivity contribution in [2.75, 3.05) is 0 Å². The fourth-order valence-corrected chi connectivity index (χ4v) is 2.30. The third-order valence-corrected chi connectivity index (χ3v) is 3.82. The zero-order chi connectivity index (χ0) is 13.1. The first-order chi connectivity index (χ1) is 8.63. The molecule has 0 fully saturated rings. The van der Waals surface area contributed by atoms with Crippen LogP contribution in [0.15, 0.2) is 23.1 Å². The van der Waals surface area contributed by atoms with E-state index in [0.29, 0.717) is 12.1 Å². The molecule has 0 aliphatic rings. The summed E-state index contributed by atoms with van der Waals surface area (Å²) in [4.78, 5) is 7.90. The van der Waals surface area contributed by atoms with E-state index in [0.717, 1.165) is 22.4 Å². The second-order valence-corrected chi connectivity index (χ2v) is 4.81. The molecule has 0 bridgehead atoms. The van der Waals surface area contributed by atoms with E-state index in [1.54, 1.807) is 12.3 Å². The Hall–Kier alpha value is -1.27. The minimum absolute atomic E-state index is 0.478. The summed E-state index contributed by atoms with van der Waals surface area (Å²) in [7, 11) is 0. The first kappa shape index (κ1) is 13.2. The van der Waals surface area contributed by atoms with Crippen LogP contribution in [0.4, 0.5) is 0 Å². The molecule has 0 radical (unpaired) electrons. The summed E-state index contributed by atoms with van der Waals surface area (Å²) in [6.07, 6.45) is 2.90. The van der Waals surface area contributed by atoms with Gasteiger partial charge in [-0.1, -0.05) is 0 Å². The van der Waals surface area contributed by atoms with Crippen molar-refractivity contribution in [2.45, 2.75) is 32.9 Å². The third-order valence-electron chi connectivity index (χ3n) is 2.79. The van der Waals surface area contributed by atoms with Crippen molar-refractivity contribution < 1.29 is 5.11 Å². The molecule has 0 spiro atoms. The number of aromatic nitrogens is 4. The van der Waals surface area contributed by atoms with Gasteiger partial charge in [0, 0.05) is 19.2 Å². The molecule has 0 aromatic carbocycles. The predicted molar refractivity (Wildman–Crippen MR) is 71.0 cm³/mol. The number of rotatable bonds is 4. The van der Waals surface area contributed by atoms with Crippen LogP contribution >= 0.6 is 15.9 Å². The zero-order valence-corrected chi connectivity index (χ0v) is 11.9. The fourth-order valence-electron chi connectivity index (χ4n) is 1.85. The number of aliphatic hydroxyl groups excluding tert-OH is 1. The van der Waals surface area contributed by atoms with E-state index in [4.69, 9.17) is 0 Å². The molecule has 0 saturated carbocycles. The molecule has 2 aromatic heterocycles. The molecular formula is C12H15BrN4O. The highest BCUT2D eigenvalue weighted by Crippen LogP contribution is 2.25. The lowest BCUT2D eigenvalue weighted by atomic mass is 10.1. The monoisotopic (exact) mass is 310 g/mol. The average molecular weight is 311 g/mol. The van der Waals surface area contributed by atoms with Crippen LogP contribution in [-0.2, 0) is 13.0 Å². The molecule has 2 heterocycles. The van der Waals surface area contributed by atoms with Gasteiger partial charge in [-0.15, -0.1) is 0 Å². The summed E-state index contributed by atoms with van der Waals surface area (Å²) in [5.74, 6) is 0. The van der Waals surface area contributed by atoms with Gasteiger partial charge in [-0.3, -0.25) is 4.68 Å². The molecule has 1 N–H and O–H groups in total. The summed E-state index contributed by atoms with van der Waals surface area (Å²) in [6.45, 7) is 4.74. The van der Waals surface area contributed by atoms with Crippen molar-refractivity contribution in [1.29, 1.82) is 0 Å². The lowest BCUT2D eigenvalue weighted by Gasteiger charge is -2.11. The summed E-state index contributed by atoms with van der Waals surface area (Å²) < 4.78 is 2.85. The van der Waals surface area contributed by atoms with Crippen LogP contribution in [0.1, 0.15) is 30.1 Å². The van der Waals surface area contributed by atoms with E-state index < -0.39 is 6.10 Å². The molecule has 0 saturated heterocycles. The maximum Gasteiger partial charge on any atom is 0.115 e. The highest BCUT2D eigenvalue weighted by atomic mass is 79.9. The largest absolute Gasteiger partial charge is 0.386 e. The summed E-state index contributed by atoms with van der Waals surface area (Å²) in [6, 6.07) is 1.72. The topological polar surface area (TPSA) is 63.8 Å². The molecule has 6 heteroatoms. The van der Waals surface area contributed by atoms with Gasteiger partial charge in [0.2, 0.25) is 0 Å². The zero-order valence-electron chi connectivity index (χ0n) is 10.3. The Morgan fingerprint density at radius 2 is 2.28 bits per heavy atom. The van der Waals surface area contributed by atoms with E-state index in [9.17, 15) is 5.11 Å². The van der Waals surface area contributed by atoms with Crippen LogP contribution in [0.3, 0.4) is 0 Å². The summed E-state index contributed by atoms with van der Waals surface area (Å²) in [5, 5.41) is 14.6. The maximum absolute atomic E-state index is 10.2. The minimum Gasteiger partial charge on any atom is -0.386 e. The second kappa shape index (κ2) is 5.58. The van der Waals surface area contributed by atoms with Crippen molar-refractivity contribution in [2.24, 2.45) is 0 Å². The van der Waals surface area contributed by atoms with Crippen LogP contribution in [0.2, 0.25) is 0 Å². The highest BCUT2D eigenvalue weighted by molar-refractivity contribution is 9.10. The fraction of sp³-hybridized carbons (Fsp3) is 0.417. The molecule has 0 aliphatic heterocycles. The Kier molecular flexibility index (Phi) is 4.08. The van der Waals surface area contributed by atoms with Gasteiger partial charge in [0.15, 0.2) is 0 Å². The third kappa shape index (κ3) is 2.59. The summed E-state index contributed by atoms with van der Waals surface area (Å²) >= 11 is 3.52. The number of halogens is 1. The standard InChI is InChI=1S/C12H15BrN4O/c1-3-17-10(12(13)8(2)16-17)6-11(18)9-4-5-14-7-15-9/h4-5,7,11,18H,3,6H2,1-2H3. The smallest absolute Gasteiger partial charge is 0.115 e. The molecule has 2 rings (SSSR count). The van der Waals surface area contributed by atoms with Gasteiger partial charge in [-0.05, 0) is 35.8 Å². The second-order valence-electron chi connectivity index (χ2n) is 4.02. The first-order valence-electron chi connectivity index (χ1n) is 5.79. The predicted octanol–water partition coefficient (Wildman–Crippen LogP) is 2.04. The number of hydrogen-bond acceptors (Lipinski definition) is 4. The molecule has 0 aliphatic carbocycles. The van der Waals surface area contributed by atoms with Gasteiger partial charge < -0.3 is 5.11 Å². The highest BCUT2D eigenvalue weighted by Gasteiger charge is 2.17. The number of hydrogen-bond donors (Lipinski definition) is 1. The number of aliphatic hydroxyl groups is 1. The van der Waals surface area contributed by atoms with Gasteiger partial charge in [0.1, 0.15) is 12.4 Å². The van der Waals surface area contributed by atoms with Crippen LogP contribution in [0.5, 0.6) is 0 Å². The Labute approximate surface area is 114 Å². The van der Waals surface area contributed by atoms with Crippen molar-refractivity contribution in [3.8, 4) is 0 Å². The average Bonchev–Trinajstić information content (AvgIpc) is 2.67. The Balaban J connectivity index is 2.24. The van der Waals surface area contributed by atoms with Gasteiger partial charge >= 0.3 is 0 Å². The van der Waals surface area contributed by atoms with Crippen molar-refractivity contribution in [3.63, 3.8) is 0 Å². The van der Waals surface area contributed by atoms with Gasteiger partial charge in [0.05, 0.1) is 21.6 Å². The lowest BCUT2D eigenvalue weighted by molar-refractivity contribution is 0.170. The first-order valence-corrected chi connectivity index (χ1v) is 6.58. The lowest BCUT2D eigenvalue weighted by Crippen LogP contribution is -2.10. The summed E-state index contributed by atoms with van der Waals surface area (Å²) in [5.41, 5.74) is 2.54. The van der Waals surface area contributed by atoms with Crippen LogP contribution < -0.4 is 0 Å². The molecule has 18 heavy (non-hydrogen) atoms. The maximum atomic E-state index is 10.2. The Morgan fingerprint density at radius 1 is 1.50 bits per heavy atom. The molecule has 0 amide bonds. The van der Waals surface area contributed by atoms with Crippen molar-refractivity contribution >= 4 is 15.9 Å². The van der Waals surface area contributed by atoms with E-state index in [1.165, 1.54) is 6.33 Å². The number of aryl methyl sites for hydroxylation is 2. The Morgan fingerprint density at radius 3 is 2.89 bits per heavy atom. The molecule has 5 nitrogen and oxygen atoms in total. The quantitative estimate of drug-likeness (QED) is 0.938. The molecule has 96 valence electrons. The molecular weight excluding hydrogens is 296 g/mol. The van der Waals surface area contributed by atoms with E-state index >= 15 is 0 Å². The van der Waals surface area contributed by atoms with Gasteiger partial charge in [-0.2, -0.15) is 5.10 Å². The Bertz CT molecular complexity index is 526. The van der Waals surface area contributed by atoms with Crippen LogP contribution in [0, 0.1) is 6.92 Å². The normalized spacial score (nSPS) is 12.7. The van der Waals surface area contributed by atoms with E-state index in [-0.39, 0.29) is 0 Å². The van der Waals surface area contributed by atoms with E-state index in [2.05, 4.69) is 31.0 Å². The molecule has 2 aromatic rings. The molecule has 1 atom stereocenters. The van der Waals surface area contributed by atoms with Gasteiger partial charge in [0.25, 0.3) is 0 Å². The molecule has 1 unspecified atom stereocenters. The minimum atomic E-state index is -0.648. The van der Waals surface area contributed by atoms with E-state index in [1.807, 2.05) is 18.5 Å².